The number of amides is 1. The molecule has 174 valence electrons. The fraction of sp³-hybridized carbons (Fsp3) is 0.680. The Balaban J connectivity index is 2.50. The second-order valence-electron chi connectivity index (χ2n) is 10.1. The molecule has 0 N–H and O–H groups in total. The maximum atomic E-state index is 14.0. The van der Waals surface area contributed by atoms with Gasteiger partial charge in [-0.1, -0.05) is 72.2 Å². The van der Waals surface area contributed by atoms with Crippen molar-refractivity contribution < 1.29 is 13.8 Å². The van der Waals surface area contributed by atoms with Crippen LogP contribution in [0, 0.1) is 17.3 Å². The summed E-state index contributed by atoms with van der Waals surface area (Å²) in [5, 5.41) is 0.690. The molecule has 0 aromatic heterocycles. The predicted molar refractivity (Wildman–Crippen MR) is 130 cm³/mol. The lowest BCUT2D eigenvalue weighted by atomic mass is 9.72. The van der Waals surface area contributed by atoms with Crippen molar-refractivity contribution in [2.24, 2.45) is 17.3 Å². The van der Waals surface area contributed by atoms with E-state index < -0.39 is 16.2 Å². The quantitative estimate of drug-likeness (QED) is 0.460. The SMILES string of the molecule is CC(C)C(=O)CC1(C)CCC(c2ccc(Cl)cc2)N(C(CS(=O)C(C)C)C(C)C)C1=O. The first-order valence-corrected chi connectivity index (χ1v) is 13.1. The van der Waals surface area contributed by atoms with Crippen molar-refractivity contribution in [1.29, 1.82) is 0 Å². The molecule has 1 heterocycles. The first-order chi connectivity index (χ1) is 14.4. The zero-order valence-electron chi connectivity index (χ0n) is 20.0. The molecular weight excluding hydrogens is 430 g/mol. The van der Waals surface area contributed by atoms with Gasteiger partial charge in [0, 0.05) is 45.2 Å². The maximum Gasteiger partial charge on any atom is 0.229 e. The molecule has 1 aliphatic rings. The summed E-state index contributed by atoms with van der Waals surface area (Å²) < 4.78 is 12.8. The number of hydrogen-bond acceptors (Lipinski definition) is 3. The van der Waals surface area contributed by atoms with Crippen LogP contribution in [-0.2, 0) is 20.4 Å². The van der Waals surface area contributed by atoms with Gasteiger partial charge < -0.3 is 4.90 Å². The Hall–Kier alpha value is -1.20. The third kappa shape index (κ3) is 6.19. The summed E-state index contributed by atoms with van der Waals surface area (Å²) in [4.78, 5) is 28.6. The molecule has 0 aliphatic carbocycles. The second-order valence-corrected chi connectivity index (χ2v) is 12.6. The molecule has 1 aromatic rings. The molecule has 31 heavy (non-hydrogen) atoms. The average molecular weight is 468 g/mol. The van der Waals surface area contributed by atoms with Crippen LogP contribution in [0.2, 0.25) is 5.02 Å². The van der Waals surface area contributed by atoms with Crippen molar-refractivity contribution in [3.8, 4) is 0 Å². The van der Waals surface area contributed by atoms with E-state index in [1.54, 1.807) is 0 Å². The number of halogens is 1. The molecule has 1 aromatic carbocycles. The van der Waals surface area contributed by atoms with E-state index in [1.807, 2.05) is 63.8 Å². The number of carbonyl (C=O) groups is 2. The number of hydrogen-bond donors (Lipinski definition) is 0. The minimum absolute atomic E-state index is 0.00663. The van der Waals surface area contributed by atoms with E-state index in [-0.39, 0.29) is 47.3 Å². The van der Waals surface area contributed by atoms with E-state index in [2.05, 4.69) is 13.8 Å². The van der Waals surface area contributed by atoms with Crippen molar-refractivity contribution in [3.63, 3.8) is 0 Å². The first kappa shape index (κ1) is 26.1. The number of Topliss-reactive ketones (excluding diaryl/α,β-unsaturated/α-hetero) is 1. The van der Waals surface area contributed by atoms with Crippen LogP contribution in [0.25, 0.3) is 0 Å². The van der Waals surface area contributed by atoms with Crippen LogP contribution in [0.1, 0.15) is 79.3 Å². The highest BCUT2D eigenvalue weighted by Crippen LogP contribution is 2.45. The van der Waals surface area contributed by atoms with E-state index in [0.717, 1.165) is 12.0 Å². The lowest BCUT2D eigenvalue weighted by molar-refractivity contribution is -0.156. The topological polar surface area (TPSA) is 54.5 Å². The highest BCUT2D eigenvalue weighted by molar-refractivity contribution is 7.85. The number of benzene rings is 1. The summed E-state index contributed by atoms with van der Waals surface area (Å²) in [5.74, 6) is 0.616. The van der Waals surface area contributed by atoms with Crippen LogP contribution in [0.4, 0.5) is 0 Å². The molecule has 6 heteroatoms. The summed E-state index contributed by atoms with van der Waals surface area (Å²) in [6.45, 7) is 13.8. The molecule has 4 nitrogen and oxygen atoms in total. The molecule has 0 radical (unpaired) electrons. The van der Waals surface area contributed by atoms with E-state index >= 15 is 0 Å². The van der Waals surface area contributed by atoms with Gasteiger partial charge in [0.2, 0.25) is 5.91 Å². The van der Waals surface area contributed by atoms with Crippen LogP contribution < -0.4 is 0 Å². The zero-order chi connectivity index (χ0) is 23.5. The van der Waals surface area contributed by atoms with Gasteiger partial charge in [0.05, 0.1) is 11.5 Å². The van der Waals surface area contributed by atoms with E-state index in [1.165, 1.54) is 0 Å². The average Bonchev–Trinajstić information content (AvgIpc) is 2.68. The number of likely N-dealkylation sites (tertiary alicyclic amines) is 1. The molecule has 1 fully saturated rings. The van der Waals surface area contributed by atoms with E-state index in [9.17, 15) is 13.8 Å². The van der Waals surface area contributed by atoms with Crippen molar-refractivity contribution in [3.05, 3.63) is 34.9 Å². The highest BCUT2D eigenvalue weighted by atomic mass is 35.5. The van der Waals surface area contributed by atoms with Gasteiger partial charge in [-0.2, -0.15) is 0 Å². The lowest BCUT2D eigenvalue weighted by Crippen LogP contribution is -2.56. The summed E-state index contributed by atoms with van der Waals surface area (Å²) in [5.41, 5.74) is 0.312. The van der Waals surface area contributed by atoms with Crippen molar-refractivity contribution in [2.75, 3.05) is 5.75 Å². The Kier molecular flexibility index (Phi) is 8.92. The third-order valence-corrected chi connectivity index (χ3v) is 8.48. The summed E-state index contributed by atoms with van der Waals surface area (Å²) in [7, 11) is -1.04. The number of ketones is 1. The third-order valence-electron chi connectivity index (χ3n) is 6.51. The number of rotatable bonds is 9. The van der Waals surface area contributed by atoms with Gasteiger partial charge in [-0.05, 0) is 36.5 Å². The fourth-order valence-electron chi connectivity index (χ4n) is 4.26. The van der Waals surface area contributed by atoms with Crippen molar-refractivity contribution in [1.82, 2.24) is 4.90 Å². The smallest absolute Gasteiger partial charge is 0.229 e. The Bertz CT molecular complexity index is 805. The molecule has 2 rings (SSSR count). The molecule has 1 aliphatic heterocycles. The minimum Gasteiger partial charge on any atom is -0.331 e. The molecule has 0 saturated carbocycles. The highest BCUT2D eigenvalue weighted by Gasteiger charge is 2.48. The second kappa shape index (κ2) is 10.6. The molecule has 1 amide bonds. The van der Waals surface area contributed by atoms with Crippen LogP contribution in [0.15, 0.2) is 24.3 Å². The summed E-state index contributed by atoms with van der Waals surface area (Å²) in [6.07, 6.45) is 1.68. The lowest BCUT2D eigenvalue weighted by Gasteiger charge is -2.49. The van der Waals surface area contributed by atoms with Gasteiger partial charge in [0.1, 0.15) is 5.78 Å². The van der Waals surface area contributed by atoms with Gasteiger partial charge in [-0.25, -0.2) is 0 Å². The van der Waals surface area contributed by atoms with Crippen LogP contribution in [0.5, 0.6) is 0 Å². The normalized spacial score (nSPS) is 24.2. The van der Waals surface area contributed by atoms with E-state index in [4.69, 9.17) is 11.6 Å². The Morgan fingerprint density at radius 2 is 1.74 bits per heavy atom. The standard InChI is InChI=1S/C25H38ClNO3S/c1-16(2)22(15-31(30)18(5)6)27-21(19-8-10-20(26)11-9-19)12-13-25(7,24(27)29)14-23(28)17(3)4/h8-11,16-18,21-22H,12-15H2,1-7H3. The molecule has 4 atom stereocenters. The number of nitrogens with zero attached hydrogens (tertiary/aromatic N) is 1. The predicted octanol–water partition coefficient (Wildman–Crippen LogP) is 5.81. The van der Waals surface area contributed by atoms with Crippen LogP contribution >= 0.6 is 11.6 Å². The summed E-state index contributed by atoms with van der Waals surface area (Å²) in [6, 6.07) is 7.39. The molecule has 0 spiro atoms. The molecular formula is C25H38ClNO3S. The van der Waals surface area contributed by atoms with Crippen LogP contribution in [-0.4, -0.2) is 37.8 Å². The number of carbonyl (C=O) groups excluding carboxylic acids is 2. The van der Waals surface area contributed by atoms with Gasteiger partial charge in [-0.15, -0.1) is 0 Å². The van der Waals surface area contributed by atoms with Crippen molar-refractivity contribution >= 4 is 34.1 Å². The summed E-state index contributed by atoms with van der Waals surface area (Å²) >= 11 is 6.11. The maximum absolute atomic E-state index is 14.0. The largest absolute Gasteiger partial charge is 0.331 e. The molecule has 4 unspecified atom stereocenters. The monoisotopic (exact) mass is 467 g/mol. The van der Waals surface area contributed by atoms with Gasteiger partial charge in [0.15, 0.2) is 0 Å². The Labute approximate surface area is 195 Å². The Morgan fingerprint density at radius 3 is 2.23 bits per heavy atom. The van der Waals surface area contributed by atoms with Gasteiger partial charge in [-0.3, -0.25) is 13.8 Å². The number of piperidine rings is 1. The molecule has 0 bridgehead atoms. The van der Waals surface area contributed by atoms with Crippen LogP contribution in [0.3, 0.4) is 0 Å². The van der Waals surface area contributed by atoms with Gasteiger partial charge >= 0.3 is 0 Å². The van der Waals surface area contributed by atoms with Crippen molar-refractivity contribution in [2.45, 2.75) is 85.1 Å². The molecule has 1 saturated heterocycles. The van der Waals surface area contributed by atoms with E-state index in [0.29, 0.717) is 17.2 Å². The Morgan fingerprint density at radius 1 is 1.16 bits per heavy atom. The zero-order valence-corrected chi connectivity index (χ0v) is 21.6. The fourth-order valence-corrected chi connectivity index (χ4v) is 5.65. The van der Waals surface area contributed by atoms with Gasteiger partial charge in [0.25, 0.3) is 0 Å². The minimum atomic E-state index is -1.04. The first-order valence-electron chi connectivity index (χ1n) is 11.4.